The molecule has 3 aliphatic carbocycles. The summed E-state index contributed by atoms with van der Waals surface area (Å²) < 4.78 is 0. The minimum atomic E-state index is -2.70. The molecule has 0 radical (unpaired) electrons. The number of fused-ring (bicyclic) bond motifs is 3. The van der Waals surface area contributed by atoms with Crippen LogP contribution in [0.5, 0.6) is 5.75 Å². The highest BCUT2D eigenvalue weighted by Gasteiger charge is 2.56. The number of nitrogens with two attached hydrogens (primary N) is 1. The number of aliphatic hydroxyl groups is 4. The predicted molar refractivity (Wildman–Crippen MR) is 141 cm³/mol. The van der Waals surface area contributed by atoms with E-state index in [4.69, 9.17) is 17.3 Å². The molecule has 39 heavy (non-hydrogen) atoms. The van der Waals surface area contributed by atoms with E-state index in [1.807, 2.05) is 0 Å². The maximum atomic E-state index is 13.9. The number of benzene rings is 1. The molecule has 1 heterocycles. The fourth-order valence-electron chi connectivity index (χ4n) is 6.34. The average Bonchev–Trinajstić information content (AvgIpc) is 3.07. The summed E-state index contributed by atoms with van der Waals surface area (Å²) in [7, 11) is 0. The second-order valence-electron chi connectivity index (χ2n) is 10.8. The summed E-state index contributed by atoms with van der Waals surface area (Å²) in [6, 6.07) is 1.44. The van der Waals surface area contributed by atoms with Gasteiger partial charge in [0.1, 0.15) is 22.8 Å². The fraction of sp³-hybridized carbons (Fsp3) is 0.464. The Balaban J connectivity index is 1.59. The van der Waals surface area contributed by atoms with E-state index in [1.165, 1.54) is 12.1 Å². The molecule has 4 aliphatic rings. The summed E-state index contributed by atoms with van der Waals surface area (Å²) >= 11 is 6.82. The number of aliphatic hydroxyl groups excluding tert-OH is 3. The van der Waals surface area contributed by atoms with Crippen LogP contribution >= 0.6 is 11.6 Å². The Bertz CT molecular complexity index is 1370. The van der Waals surface area contributed by atoms with E-state index < -0.39 is 58.4 Å². The molecule has 1 aliphatic heterocycles. The van der Waals surface area contributed by atoms with Crippen LogP contribution < -0.4 is 5.73 Å². The van der Waals surface area contributed by atoms with Crippen molar-refractivity contribution in [3.8, 4) is 5.75 Å². The Labute approximate surface area is 229 Å². The third kappa shape index (κ3) is 4.45. The molecule has 0 spiro atoms. The molecular weight excluding hydrogens is 528 g/mol. The largest absolute Gasteiger partial charge is 0.508 e. The predicted octanol–water partition coefficient (Wildman–Crippen LogP) is 1.98. The average molecular weight is 559 g/mol. The third-order valence-corrected chi connectivity index (χ3v) is 8.87. The first-order valence-corrected chi connectivity index (χ1v) is 13.4. The minimum absolute atomic E-state index is 0.0372. The quantitative estimate of drug-likeness (QED) is 0.239. The number of amides is 1. The SMILES string of the molecule is NC(=O)C1=C(O)[C@@]2(O)C(=O)C3=C(O)c4c(O)cc(CN5CCCC(O)CC5)c(Cl)c4CC3CC=C[C@H]2CC1=O. The number of carbonyl (C=O) groups excluding carboxylic acids is 3. The summed E-state index contributed by atoms with van der Waals surface area (Å²) in [5.74, 6) is -7.02. The normalized spacial score (nSPS) is 29.8. The Kier molecular flexibility index (Phi) is 7.09. The van der Waals surface area contributed by atoms with Gasteiger partial charge in [-0.3, -0.25) is 19.3 Å². The molecule has 10 nitrogen and oxygen atoms in total. The van der Waals surface area contributed by atoms with Gasteiger partial charge in [0.25, 0.3) is 5.91 Å². The first-order chi connectivity index (χ1) is 18.4. The first kappa shape index (κ1) is 27.4. The molecule has 11 heteroatoms. The van der Waals surface area contributed by atoms with Crippen LogP contribution in [0.2, 0.25) is 5.02 Å². The molecule has 4 atom stereocenters. The Morgan fingerprint density at radius 3 is 2.62 bits per heavy atom. The van der Waals surface area contributed by atoms with Crippen molar-refractivity contribution in [1.82, 2.24) is 4.90 Å². The number of halogens is 1. The van der Waals surface area contributed by atoms with Crippen molar-refractivity contribution < 1.29 is 39.9 Å². The van der Waals surface area contributed by atoms with Gasteiger partial charge in [0.15, 0.2) is 11.4 Å². The second-order valence-corrected chi connectivity index (χ2v) is 11.2. The van der Waals surface area contributed by atoms with E-state index >= 15 is 0 Å². The van der Waals surface area contributed by atoms with E-state index in [1.54, 1.807) is 6.08 Å². The van der Waals surface area contributed by atoms with Gasteiger partial charge in [0, 0.05) is 36.0 Å². The molecule has 7 N–H and O–H groups in total. The molecule has 0 aromatic heterocycles. The van der Waals surface area contributed by atoms with Crippen molar-refractivity contribution in [3.63, 3.8) is 0 Å². The number of nitrogens with zero attached hydrogens (tertiary/aromatic N) is 1. The van der Waals surface area contributed by atoms with Gasteiger partial charge >= 0.3 is 0 Å². The van der Waals surface area contributed by atoms with Crippen LogP contribution in [0.1, 0.15) is 48.8 Å². The molecule has 1 aromatic rings. The van der Waals surface area contributed by atoms with Crippen LogP contribution in [-0.4, -0.2) is 72.7 Å². The van der Waals surface area contributed by atoms with E-state index in [2.05, 4.69) is 4.90 Å². The van der Waals surface area contributed by atoms with Gasteiger partial charge < -0.3 is 31.3 Å². The lowest BCUT2D eigenvalue weighted by molar-refractivity contribution is -0.141. The molecule has 208 valence electrons. The Morgan fingerprint density at radius 2 is 1.90 bits per heavy atom. The number of Topliss-reactive ketones (excluding diaryl/α,β-unsaturated/α-hetero) is 2. The smallest absolute Gasteiger partial charge is 0.255 e. The standard InChI is InChI=1S/C28H31ClN2O8/c29-23-14(12-31-7-2-5-16(32)6-8-31)10-18(33)21-17(23)9-13-3-1-4-15-11-19(34)22(27(30)38)26(37)28(15,39)25(36)20(13)24(21)35/h1,4,10,13,15-16,32-33,35,37,39H,2-3,5-9,11-12H2,(H2,30,38)/t13?,15-,16?,28-/m0/s1. The van der Waals surface area contributed by atoms with E-state index in [9.17, 15) is 39.9 Å². The van der Waals surface area contributed by atoms with Gasteiger partial charge in [-0.05, 0) is 61.8 Å². The van der Waals surface area contributed by atoms with E-state index in [-0.39, 0.29) is 35.8 Å². The van der Waals surface area contributed by atoms with Crippen molar-refractivity contribution in [2.24, 2.45) is 17.6 Å². The number of allylic oxidation sites excluding steroid dienone is 1. The number of ketones is 2. The number of likely N-dealkylation sites (tertiary alicyclic amines) is 1. The van der Waals surface area contributed by atoms with Crippen molar-refractivity contribution in [1.29, 1.82) is 0 Å². The number of carbonyl (C=O) groups is 3. The van der Waals surface area contributed by atoms with Gasteiger partial charge in [-0.1, -0.05) is 23.8 Å². The van der Waals surface area contributed by atoms with Crippen LogP contribution in [0.25, 0.3) is 5.76 Å². The molecule has 5 rings (SSSR count). The summed E-state index contributed by atoms with van der Waals surface area (Å²) in [4.78, 5) is 40.3. The maximum Gasteiger partial charge on any atom is 0.255 e. The molecular formula is C28H31ClN2O8. The molecule has 1 aromatic carbocycles. The zero-order chi connectivity index (χ0) is 28.2. The fourth-order valence-corrected chi connectivity index (χ4v) is 6.62. The second kappa shape index (κ2) is 10.1. The monoisotopic (exact) mass is 558 g/mol. The number of hydrogen-bond acceptors (Lipinski definition) is 9. The van der Waals surface area contributed by atoms with Crippen molar-refractivity contribution in [2.75, 3.05) is 13.1 Å². The summed E-state index contributed by atoms with van der Waals surface area (Å²) in [5, 5.41) is 55.0. The summed E-state index contributed by atoms with van der Waals surface area (Å²) in [5.41, 5.74) is 2.53. The zero-order valence-corrected chi connectivity index (χ0v) is 21.9. The number of hydrogen-bond donors (Lipinski definition) is 6. The summed E-state index contributed by atoms with van der Waals surface area (Å²) in [6.45, 7) is 1.85. The minimum Gasteiger partial charge on any atom is -0.508 e. The molecule has 1 amide bonds. The highest BCUT2D eigenvalue weighted by atomic mass is 35.5. The van der Waals surface area contributed by atoms with Crippen molar-refractivity contribution in [3.05, 3.63) is 56.8 Å². The van der Waals surface area contributed by atoms with Crippen LogP contribution in [0, 0.1) is 11.8 Å². The topological polar surface area (TPSA) is 182 Å². The lowest BCUT2D eigenvalue weighted by Gasteiger charge is -2.40. The van der Waals surface area contributed by atoms with E-state index in [0.717, 1.165) is 19.4 Å². The Morgan fingerprint density at radius 1 is 1.15 bits per heavy atom. The molecule has 0 bridgehead atoms. The number of aromatic hydroxyl groups is 1. The lowest BCUT2D eigenvalue weighted by atomic mass is 9.65. The van der Waals surface area contributed by atoms with Crippen LogP contribution in [0.15, 0.2) is 35.1 Å². The third-order valence-electron chi connectivity index (χ3n) is 8.40. The van der Waals surface area contributed by atoms with E-state index in [0.29, 0.717) is 35.7 Å². The zero-order valence-electron chi connectivity index (χ0n) is 21.2. The molecule has 1 saturated heterocycles. The lowest BCUT2D eigenvalue weighted by Crippen LogP contribution is -2.54. The van der Waals surface area contributed by atoms with Crippen LogP contribution in [-0.2, 0) is 27.3 Å². The van der Waals surface area contributed by atoms with Crippen molar-refractivity contribution in [2.45, 2.75) is 56.8 Å². The Hall–Kier alpha value is -3.18. The molecule has 1 fully saturated rings. The number of rotatable bonds is 3. The van der Waals surface area contributed by atoms with Gasteiger partial charge in [-0.2, -0.15) is 0 Å². The van der Waals surface area contributed by atoms with Gasteiger partial charge in [0.05, 0.1) is 11.7 Å². The van der Waals surface area contributed by atoms with Gasteiger partial charge in [-0.25, -0.2) is 0 Å². The van der Waals surface area contributed by atoms with Gasteiger partial charge in [0.2, 0.25) is 5.78 Å². The number of primary amides is 1. The molecule has 2 unspecified atom stereocenters. The first-order valence-electron chi connectivity index (χ1n) is 13.0. The number of phenolic OH excluding ortho intramolecular Hbond substituents is 1. The van der Waals surface area contributed by atoms with Crippen LogP contribution in [0.4, 0.5) is 0 Å². The number of phenols is 1. The maximum absolute atomic E-state index is 13.9. The molecule has 0 saturated carbocycles. The highest BCUT2D eigenvalue weighted by molar-refractivity contribution is 6.32. The summed E-state index contributed by atoms with van der Waals surface area (Å²) in [6.07, 6.45) is 4.90. The highest BCUT2D eigenvalue weighted by Crippen LogP contribution is 2.49. The van der Waals surface area contributed by atoms with Crippen molar-refractivity contribution >= 4 is 34.8 Å². The van der Waals surface area contributed by atoms with Crippen LogP contribution in [0.3, 0.4) is 0 Å². The van der Waals surface area contributed by atoms with Gasteiger partial charge in [-0.15, -0.1) is 0 Å².